The molecule has 3 heterocycles. The Kier molecular flexibility index (Phi) is 4.05. The predicted molar refractivity (Wildman–Crippen MR) is 113 cm³/mol. The van der Waals surface area contributed by atoms with Gasteiger partial charge in [-0.3, -0.25) is 4.98 Å². The first-order valence-corrected chi connectivity index (χ1v) is 9.61. The largest absolute Gasteiger partial charge is 0.478 e. The van der Waals surface area contributed by atoms with E-state index in [4.69, 9.17) is 0 Å². The monoisotopic (exact) mass is 384 g/mol. The number of aromatic nitrogens is 3. The summed E-state index contributed by atoms with van der Waals surface area (Å²) < 4.78 is 2.06. The molecule has 6 nitrogen and oxygen atoms in total. The number of fused-ring (bicyclic) bond motifs is 1. The number of rotatable bonds is 5. The highest BCUT2D eigenvalue weighted by Crippen LogP contribution is 2.41. The Labute approximate surface area is 167 Å². The van der Waals surface area contributed by atoms with E-state index < -0.39 is 5.97 Å². The van der Waals surface area contributed by atoms with Crippen LogP contribution in [0.3, 0.4) is 0 Å². The maximum absolute atomic E-state index is 11.8. The summed E-state index contributed by atoms with van der Waals surface area (Å²) in [6, 6.07) is 13.6. The molecule has 0 aliphatic heterocycles. The first-order chi connectivity index (χ1) is 14.1. The molecule has 1 aromatic carbocycles. The van der Waals surface area contributed by atoms with Crippen LogP contribution < -0.4 is 5.32 Å². The highest BCUT2D eigenvalue weighted by Gasteiger charge is 2.26. The summed E-state index contributed by atoms with van der Waals surface area (Å²) in [5.41, 5.74) is 4.88. The van der Waals surface area contributed by atoms with Gasteiger partial charge in [-0.05, 0) is 60.7 Å². The van der Waals surface area contributed by atoms with Crippen LogP contribution >= 0.6 is 0 Å². The van der Waals surface area contributed by atoms with E-state index in [0.29, 0.717) is 11.7 Å². The highest BCUT2D eigenvalue weighted by molar-refractivity contribution is 5.98. The molecule has 1 saturated carbocycles. The Morgan fingerprint density at radius 2 is 2.03 bits per heavy atom. The minimum atomic E-state index is -0.978. The normalized spacial score (nSPS) is 13.6. The zero-order valence-electron chi connectivity index (χ0n) is 16.0. The van der Waals surface area contributed by atoms with Crippen molar-refractivity contribution >= 4 is 28.4 Å². The van der Waals surface area contributed by atoms with Crippen molar-refractivity contribution in [1.29, 1.82) is 0 Å². The number of carboxylic acids is 1. The number of hydrogen-bond acceptors (Lipinski definition) is 4. The number of benzene rings is 1. The average molecular weight is 384 g/mol. The molecule has 6 heteroatoms. The molecule has 5 rings (SSSR count). The Morgan fingerprint density at radius 3 is 2.76 bits per heavy atom. The lowest BCUT2D eigenvalue weighted by Crippen LogP contribution is -2.06. The van der Waals surface area contributed by atoms with Gasteiger partial charge in [0.1, 0.15) is 11.4 Å². The second kappa shape index (κ2) is 6.74. The van der Waals surface area contributed by atoms with E-state index in [1.165, 1.54) is 0 Å². The molecule has 0 saturated heterocycles. The maximum Gasteiger partial charge on any atom is 0.339 e. The fourth-order valence-corrected chi connectivity index (χ4v) is 3.75. The van der Waals surface area contributed by atoms with Gasteiger partial charge in [-0.2, -0.15) is 0 Å². The van der Waals surface area contributed by atoms with Crippen LogP contribution in [0.2, 0.25) is 0 Å². The van der Waals surface area contributed by atoms with Crippen molar-refractivity contribution in [2.24, 2.45) is 7.05 Å². The number of nitrogens with zero attached hydrogens (tertiary/aromatic N) is 3. The van der Waals surface area contributed by atoms with Gasteiger partial charge in [-0.1, -0.05) is 6.07 Å². The molecule has 0 bridgehead atoms. The molecular weight excluding hydrogens is 364 g/mol. The Bertz CT molecular complexity index is 1230. The van der Waals surface area contributed by atoms with Crippen molar-refractivity contribution in [2.75, 3.05) is 5.32 Å². The van der Waals surface area contributed by atoms with E-state index in [2.05, 4.69) is 19.9 Å². The third-order valence-electron chi connectivity index (χ3n) is 5.36. The van der Waals surface area contributed by atoms with E-state index in [9.17, 15) is 9.90 Å². The number of aromatic carboxylic acids is 1. The Balaban J connectivity index is 1.61. The summed E-state index contributed by atoms with van der Waals surface area (Å²) in [6.07, 6.45) is 7.77. The van der Waals surface area contributed by atoms with Crippen LogP contribution in [-0.4, -0.2) is 25.6 Å². The third-order valence-corrected chi connectivity index (χ3v) is 5.36. The topological polar surface area (TPSA) is 80.0 Å². The molecule has 3 aromatic heterocycles. The Hall–Kier alpha value is -3.67. The molecule has 0 spiro atoms. The van der Waals surface area contributed by atoms with Gasteiger partial charge in [0.15, 0.2) is 0 Å². The van der Waals surface area contributed by atoms with Gasteiger partial charge in [0.2, 0.25) is 0 Å². The second-order valence-corrected chi connectivity index (χ2v) is 7.47. The van der Waals surface area contributed by atoms with Crippen molar-refractivity contribution in [2.45, 2.75) is 18.8 Å². The highest BCUT2D eigenvalue weighted by atomic mass is 16.4. The van der Waals surface area contributed by atoms with Crippen molar-refractivity contribution in [3.05, 3.63) is 72.2 Å². The molecule has 1 aliphatic rings. The lowest BCUT2D eigenvalue weighted by atomic mass is 10.1. The van der Waals surface area contributed by atoms with Crippen LogP contribution in [0.15, 0.2) is 61.1 Å². The quantitative estimate of drug-likeness (QED) is 0.509. The van der Waals surface area contributed by atoms with Crippen LogP contribution in [0, 0.1) is 0 Å². The number of hydrogen-bond donors (Lipinski definition) is 2. The number of anilines is 2. The van der Waals surface area contributed by atoms with Gasteiger partial charge in [0.05, 0.1) is 11.2 Å². The molecule has 4 aromatic rings. The summed E-state index contributed by atoms with van der Waals surface area (Å²) in [4.78, 5) is 20.8. The van der Waals surface area contributed by atoms with Crippen LogP contribution in [0.5, 0.6) is 0 Å². The van der Waals surface area contributed by atoms with Crippen molar-refractivity contribution in [3.8, 4) is 11.3 Å². The zero-order valence-corrected chi connectivity index (χ0v) is 16.0. The SMILES string of the molecule is Cn1ccc2cc(Nc3ncc(C4CC4)cc3C(=O)O)cc(-c3ccccn3)c21. The van der Waals surface area contributed by atoms with Gasteiger partial charge >= 0.3 is 5.97 Å². The molecule has 0 radical (unpaired) electrons. The van der Waals surface area contributed by atoms with Gasteiger partial charge in [-0.25, -0.2) is 9.78 Å². The fraction of sp³-hybridized carbons (Fsp3) is 0.174. The van der Waals surface area contributed by atoms with Crippen LogP contribution in [-0.2, 0) is 7.05 Å². The number of pyridine rings is 2. The van der Waals surface area contributed by atoms with Crippen molar-refractivity contribution in [3.63, 3.8) is 0 Å². The molecule has 1 aliphatic carbocycles. The minimum Gasteiger partial charge on any atom is -0.478 e. The first kappa shape index (κ1) is 17.4. The van der Waals surface area contributed by atoms with Gasteiger partial charge in [0, 0.05) is 42.3 Å². The zero-order chi connectivity index (χ0) is 20.0. The summed E-state index contributed by atoms with van der Waals surface area (Å²) in [5, 5.41) is 14.0. The smallest absolute Gasteiger partial charge is 0.339 e. The molecule has 2 N–H and O–H groups in total. The number of carboxylic acid groups (broad SMARTS) is 1. The Morgan fingerprint density at radius 1 is 1.17 bits per heavy atom. The molecule has 0 unspecified atom stereocenters. The van der Waals surface area contributed by atoms with Crippen LogP contribution in [0.4, 0.5) is 11.5 Å². The molecule has 0 atom stereocenters. The minimum absolute atomic E-state index is 0.196. The van der Waals surface area contributed by atoms with Crippen molar-refractivity contribution in [1.82, 2.24) is 14.5 Å². The third kappa shape index (κ3) is 3.23. The van der Waals surface area contributed by atoms with E-state index in [1.54, 1.807) is 18.5 Å². The average Bonchev–Trinajstić information content (AvgIpc) is 3.52. The van der Waals surface area contributed by atoms with Crippen LogP contribution in [0.25, 0.3) is 22.2 Å². The number of nitrogens with one attached hydrogen (secondary N) is 1. The van der Waals surface area contributed by atoms with Gasteiger partial charge < -0.3 is 15.0 Å². The van der Waals surface area contributed by atoms with Gasteiger partial charge in [0.25, 0.3) is 0 Å². The summed E-state index contributed by atoms with van der Waals surface area (Å²) in [7, 11) is 2.00. The lowest BCUT2D eigenvalue weighted by molar-refractivity contribution is 0.0697. The van der Waals surface area contributed by atoms with E-state index in [0.717, 1.165) is 46.3 Å². The van der Waals surface area contributed by atoms with Crippen LogP contribution in [0.1, 0.15) is 34.7 Å². The van der Waals surface area contributed by atoms with E-state index >= 15 is 0 Å². The molecule has 29 heavy (non-hydrogen) atoms. The first-order valence-electron chi connectivity index (χ1n) is 9.61. The standard InChI is InChI=1S/C23H20N4O2/c1-27-9-7-15-10-17(12-18(21(15)27)20-4-2-3-8-24-20)26-22-19(23(28)29)11-16(13-25-22)14-5-6-14/h2-4,7-14H,5-6H2,1H3,(H,25,26)(H,28,29). The second-order valence-electron chi connectivity index (χ2n) is 7.47. The predicted octanol–water partition coefficient (Wildman–Crippen LogP) is 4.95. The lowest BCUT2D eigenvalue weighted by Gasteiger charge is -2.13. The fourth-order valence-electron chi connectivity index (χ4n) is 3.75. The van der Waals surface area contributed by atoms with Crippen molar-refractivity contribution < 1.29 is 9.90 Å². The number of carbonyl (C=O) groups is 1. The molecule has 144 valence electrons. The number of aryl methyl sites for hydroxylation is 1. The molecule has 1 fully saturated rings. The molecule has 0 amide bonds. The summed E-state index contributed by atoms with van der Waals surface area (Å²) >= 11 is 0. The molecular formula is C23H20N4O2. The van der Waals surface area contributed by atoms with E-state index in [1.807, 2.05) is 49.6 Å². The van der Waals surface area contributed by atoms with Gasteiger partial charge in [-0.15, -0.1) is 0 Å². The van der Waals surface area contributed by atoms with E-state index in [-0.39, 0.29) is 5.56 Å². The maximum atomic E-state index is 11.8. The summed E-state index contributed by atoms with van der Waals surface area (Å²) in [6.45, 7) is 0. The summed E-state index contributed by atoms with van der Waals surface area (Å²) in [5.74, 6) is -0.177.